The molecule has 0 bridgehead atoms. The van der Waals surface area contributed by atoms with E-state index in [1.54, 1.807) is 11.3 Å². The van der Waals surface area contributed by atoms with E-state index in [0.717, 1.165) is 11.3 Å². The molecule has 1 aliphatic carbocycles. The molecule has 1 saturated carbocycles. The van der Waals surface area contributed by atoms with E-state index in [2.05, 4.69) is 16.6 Å². The molecule has 0 saturated heterocycles. The molecule has 2 heterocycles. The maximum absolute atomic E-state index is 5.88. The number of rotatable bonds is 2. The Hall–Kier alpha value is -1.29. The third kappa shape index (κ3) is 1.53. The van der Waals surface area contributed by atoms with E-state index >= 15 is 0 Å². The van der Waals surface area contributed by atoms with Crippen molar-refractivity contribution in [1.82, 2.24) is 5.16 Å². The Morgan fingerprint density at radius 2 is 2.19 bits per heavy atom. The number of hydrogen-bond acceptors (Lipinski definition) is 4. The number of aromatic nitrogens is 1. The van der Waals surface area contributed by atoms with Gasteiger partial charge >= 0.3 is 0 Å². The minimum atomic E-state index is 0.462. The molecule has 0 unspecified atom stereocenters. The third-order valence-electron chi connectivity index (χ3n) is 3.25. The van der Waals surface area contributed by atoms with Crippen LogP contribution in [0.1, 0.15) is 37.3 Å². The van der Waals surface area contributed by atoms with Gasteiger partial charge in [0.2, 0.25) is 5.88 Å². The van der Waals surface area contributed by atoms with Crippen LogP contribution in [0.15, 0.2) is 22.0 Å². The van der Waals surface area contributed by atoms with Crippen molar-refractivity contribution in [3.63, 3.8) is 0 Å². The topological polar surface area (TPSA) is 52.0 Å². The minimum absolute atomic E-state index is 0.462. The van der Waals surface area contributed by atoms with Gasteiger partial charge in [0.05, 0.1) is 11.3 Å². The molecule has 0 aliphatic heterocycles. The van der Waals surface area contributed by atoms with Crippen LogP contribution in [-0.2, 0) is 0 Å². The molecule has 2 aromatic rings. The monoisotopic (exact) mass is 234 g/mol. The fourth-order valence-corrected chi connectivity index (χ4v) is 3.25. The normalized spacial score (nSPS) is 17.0. The summed E-state index contributed by atoms with van der Waals surface area (Å²) in [7, 11) is 0. The summed E-state index contributed by atoms with van der Waals surface area (Å²) in [5.41, 5.74) is 7.97. The zero-order valence-corrected chi connectivity index (χ0v) is 9.80. The summed E-state index contributed by atoms with van der Waals surface area (Å²) in [5.74, 6) is 1.00. The highest BCUT2D eigenvalue weighted by atomic mass is 32.1. The summed E-state index contributed by atoms with van der Waals surface area (Å²) in [5, 5.41) is 6.22. The fraction of sp³-hybridized carbons (Fsp3) is 0.417. The van der Waals surface area contributed by atoms with Gasteiger partial charge in [-0.2, -0.15) is 0 Å². The van der Waals surface area contributed by atoms with E-state index in [1.165, 1.54) is 30.6 Å². The number of nitrogens with zero attached hydrogens (tertiary/aromatic N) is 1. The summed E-state index contributed by atoms with van der Waals surface area (Å²) in [6.07, 6.45) is 5.01. The summed E-state index contributed by atoms with van der Waals surface area (Å²) >= 11 is 1.69. The predicted octanol–water partition coefficient (Wildman–Crippen LogP) is 3.64. The predicted molar refractivity (Wildman–Crippen MR) is 65.4 cm³/mol. The highest BCUT2D eigenvalue weighted by molar-refractivity contribution is 7.13. The molecule has 1 fully saturated rings. The zero-order valence-electron chi connectivity index (χ0n) is 8.98. The summed E-state index contributed by atoms with van der Waals surface area (Å²) in [6, 6.07) is 4.11. The maximum Gasteiger partial charge on any atom is 0.231 e. The fourth-order valence-electron chi connectivity index (χ4n) is 2.46. The van der Waals surface area contributed by atoms with Gasteiger partial charge in [-0.25, -0.2) is 0 Å². The first-order valence-corrected chi connectivity index (χ1v) is 6.53. The Balaban J connectivity index is 2.05. The van der Waals surface area contributed by atoms with Crippen molar-refractivity contribution in [2.24, 2.45) is 0 Å². The lowest BCUT2D eigenvalue weighted by molar-refractivity contribution is 0.420. The lowest BCUT2D eigenvalue weighted by Crippen LogP contribution is -1.95. The quantitative estimate of drug-likeness (QED) is 0.863. The van der Waals surface area contributed by atoms with Gasteiger partial charge in [0.25, 0.3) is 0 Å². The number of nitrogens with two attached hydrogens (primary N) is 1. The first-order valence-electron chi connectivity index (χ1n) is 5.65. The zero-order chi connectivity index (χ0) is 11.0. The van der Waals surface area contributed by atoms with Crippen LogP contribution in [0.2, 0.25) is 0 Å². The van der Waals surface area contributed by atoms with Crippen LogP contribution in [0.25, 0.3) is 10.4 Å². The van der Waals surface area contributed by atoms with Crippen LogP contribution in [-0.4, -0.2) is 5.16 Å². The Morgan fingerprint density at radius 1 is 1.38 bits per heavy atom. The highest BCUT2D eigenvalue weighted by Crippen LogP contribution is 2.42. The molecule has 0 radical (unpaired) electrons. The lowest BCUT2D eigenvalue weighted by atomic mass is 9.99. The van der Waals surface area contributed by atoms with Crippen molar-refractivity contribution in [3.05, 3.63) is 23.2 Å². The molecule has 3 rings (SSSR count). The van der Waals surface area contributed by atoms with Crippen molar-refractivity contribution < 1.29 is 4.52 Å². The van der Waals surface area contributed by atoms with E-state index < -0.39 is 0 Å². The van der Waals surface area contributed by atoms with E-state index in [-0.39, 0.29) is 0 Å². The number of nitrogen functional groups attached to an aromatic ring is 1. The van der Waals surface area contributed by atoms with Crippen molar-refractivity contribution in [3.8, 4) is 10.4 Å². The molecule has 16 heavy (non-hydrogen) atoms. The van der Waals surface area contributed by atoms with Gasteiger partial charge in [0, 0.05) is 10.8 Å². The summed E-state index contributed by atoms with van der Waals surface area (Å²) < 4.78 is 5.17. The molecular formula is C12H14N2OS. The first kappa shape index (κ1) is 9.90. The van der Waals surface area contributed by atoms with Crippen molar-refractivity contribution in [2.45, 2.75) is 31.6 Å². The van der Waals surface area contributed by atoms with Gasteiger partial charge in [0.1, 0.15) is 0 Å². The van der Waals surface area contributed by atoms with Gasteiger partial charge in [-0.3, -0.25) is 0 Å². The largest absolute Gasteiger partial charge is 0.367 e. The van der Waals surface area contributed by atoms with E-state index in [4.69, 9.17) is 10.3 Å². The second-order valence-corrected chi connectivity index (χ2v) is 5.21. The third-order valence-corrected chi connectivity index (χ3v) is 4.14. The molecule has 0 spiro atoms. The summed E-state index contributed by atoms with van der Waals surface area (Å²) in [6.45, 7) is 0. The number of anilines is 1. The maximum atomic E-state index is 5.88. The molecule has 0 aromatic carbocycles. The van der Waals surface area contributed by atoms with Crippen LogP contribution in [0.3, 0.4) is 0 Å². The number of hydrogen-bond donors (Lipinski definition) is 1. The standard InChI is InChI=1S/C12H14N2OS/c13-12-10(9-6-3-7-16-9)11(14-15-12)8-4-1-2-5-8/h3,6-8H,1-2,4-5,13H2. The van der Waals surface area contributed by atoms with Gasteiger partial charge in [0.15, 0.2) is 0 Å². The number of thiophene rings is 1. The average Bonchev–Trinajstić information content (AvgIpc) is 2.96. The second-order valence-electron chi connectivity index (χ2n) is 4.27. The minimum Gasteiger partial charge on any atom is -0.367 e. The second kappa shape index (κ2) is 3.94. The van der Waals surface area contributed by atoms with E-state index in [9.17, 15) is 0 Å². The van der Waals surface area contributed by atoms with Gasteiger partial charge in [-0.1, -0.05) is 24.1 Å². The Kier molecular flexibility index (Phi) is 2.44. The van der Waals surface area contributed by atoms with Gasteiger partial charge < -0.3 is 10.3 Å². The summed E-state index contributed by atoms with van der Waals surface area (Å²) in [4.78, 5) is 1.17. The molecule has 1 aliphatic rings. The molecular weight excluding hydrogens is 220 g/mol. The van der Waals surface area contributed by atoms with Crippen LogP contribution >= 0.6 is 11.3 Å². The molecule has 84 valence electrons. The molecule has 4 heteroatoms. The Labute approximate surface area is 98.3 Å². The van der Waals surface area contributed by atoms with Gasteiger partial charge in [-0.05, 0) is 24.3 Å². The van der Waals surface area contributed by atoms with Crippen LogP contribution in [0, 0.1) is 0 Å². The van der Waals surface area contributed by atoms with Crippen LogP contribution in [0.4, 0.5) is 5.88 Å². The Bertz CT molecular complexity index is 469. The molecule has 0 atom stereocenters. The average molecular weight is 234 g/mol. The SMILES string of the molecule is Nc1onc(C2CCCC2)c1-c1cccs1. The van der Waals surface area contributed by atoms with E-state index in [1.807, 2.05) is 6.07 Å². The van der Waals surface area contributed by atoms with Crippen LogP contribution in [0.5, 0.6) is 0 Å². The molecule has 2 aromatic heterocycles. The van der Waals surface area contributed by atoms with Crippen molar-refractivity contribution in [2.75, 3.05) is 5.73 Å². The van der Waals surface area contributed by atoms with Gasteiger partial charge in [-0.15, -0.1) is 11.3 Å². The van der Waals surface area contributed by atoms with Crippen molar-refractivity contribution >= 4 is 17.2 Å². The Morgan fingerprint density at radius 3 is 2.88 bits per heavy atom. The van der Waals surface area contributed by atoms with Crippen molar-refractivity contribution in [1.29, 1.82) is 0 Å². The smallest absolute Gasteiger partial charge is 0.231 e. The molecule has 3 nitrogen and oxygen atoms in total. The highest BCUT2D eigenvalue weighted by Gasteiger charge is 2.26. The van der Waals surface area contributed by atoms with E-state index in [0.29, 0.717) is 11.8 Å². The van der Waals surface area contributed by atoms with Crippen LogP contribution < -0.4 is 5.73 Å². The first-order chi connectivity index (χ1) is 7.86. The lowest BCUT2D eigenvalue weighted by Gasteiger charge is -2.06. The molecule has 0 amide bonds. The molecule has 2 N–H and O–H groups in total.